The van der Waals surface area contributed by atoms with Crippen molar-refractivity contribution in [1.82, 2.24) is 19.5 Å². The number of hydrogen-bond donors (Lipinski definition) is 0. The Labute approximate surface area is 137 Å². The largest absolute Gasteiger partial charge is 0.349 e. The Morgan fingerprint density at radius 1 is 1.35 bits per heavy atom. The van der Waals surface area contributed by atoms with Crippen molar-refractivity contribution in [1.29, 1.82) is 0 Å². The van der Waals surface area contributed by atoms with E-state index in [4.69, 9.17) is 9.47 Å². The molecule has 23 heavy (non-hydrogen) atoms. The lowest BCUT2D eigenvalue weighted by atomic mass is 10.0. The van der Waals surface area contributed by atoms with E-state index in [1.165, 1.54) is 22.3 Å². The zero-order valence-electron chi connectivity index (χ0n) is 13.1. The maximum Gasteiger partial charge on any atom is 0.275 e. The van der Waals surface area contributed by atoms with E-state index in [9.17, 15) is 4.79 Å². The number of aryl methyl sites for hydroxylation is 1. The van der Waals surface area contributed by atoms with Crippen molar-refractivity contribution in [3.8, 4) is 0 Å². The molecule has 0 spiro atoms. The molecule has 2 saturated heterocycles. The quantitative estimate of drug-likeness (QED) is 0.838. The Kier molecular flexibility index (Phi) is 4.14. The molecule has 4 rings (SSSR count). The number of fused-ring (bicyclic) bond motifs is 1. The lowest BCUT2D eigenvalue weighted by molar-refractivity contribution is -0.111. The third kappa shape index (κ3) is 3.03. The standard InChI is InChI=1S/C15H20N4O3S/c1-10-17-19-13(20)8-11(16-15(19)23-10)9-18-5-3-2-4-12(18)14-21-6-7-22-14/h8,12,14H,2-7,9H2,1H3/t12-/m0/s1. The Morgan fingerprint density at radius 2 is 2.17 bits per heavy atom. The Bertz CT molecular complexity index is 753. The van der Waals surface area contributed by atoms with Gasteiger partial charge in [0.25, 0.3) is 5.56 Å². The topological polar surface area (TPSA) is 69.0 Å². The molecule has 2 aliphatic heterocycles. The summed E-state index contributed by atoms with van der Waals surface area (Å²) in [5, 5.41) is 5.03. The van der Waals surface area contributed by atoms with Gasteiger partial charge < -0.3 is 9.47 Å². The van der Waals surface area contributed by atoms with Crippen LogP contribution in [0.2, 0.25) is 0 Å². The summed E-state index contributed by atoms with van der Waals surface area (Å²) in [7, 11) is 0. The SMILES string of the molecule is Cc1nn2c(=O)cc(CN3CCCC[C@H]3C3OCCO3)nc2s1. The average molecular weight is 336 g/mol. The van der Waals surface area contributed by atoms with E-state index in [1.807, 2.05) is 6.92 Å². The van der Waals surface area contributed by atoms with Gasteiger partial charge in [0.05, 0.1) is 24.9 Å². The van der Waals surface area contributed by atoms with Crippen LogP contribution in [0.1, 0.15) is 30.0 Å². The lowest BCUT2D eigenvalue weighted by Gasteiger charge is -2.37. The van der Waals surface area contributed by atoms with Crippen LogP contribution in [0.25, 0.3) is 4.96 Å². The normalized spacial score (nSPS) is 23.8. The number of rotatable bonds is 3. The first-order chi connectivity index (χ1) is 11.2. The van der Waals surface area contributed by atoms with Crippen molar-refractivity contribution in [2.75, 3.05) is 19.8 Å². The van der Waals surface area contributed by atoms with Gasteiger partial charge in [-0.25, -0.2) is 4.98 Å². The number of ether oxygens (including phenoxy) is 2. The molecule has 0 aliphatic carbocycles. The molecule has 0 bridgehead atoms. The fourth-order valence-electron chi connectivity index (χ4n) is 3.36. The van der Waals surface area contributed by atoms with Crippen LogP contribution >= 0.6 is 11.3 Å². The van der Waals surface area contributed by atoms with Crippen molar-refractivity contribution in [3.63, 3.8) is 0 Å². The molecule has 2 fully saturated rings. The predicted molar refractivity (Wildman–Crippen MR) is 85.6 cm³/mol. The molecule has 7 nitrogen and oxygen atoms in total. The van der Waals surface area contributed by atoms with Crippen LogP contribution in [0.5, 0.6) is 0 Å². The van der Waals surface area contributed by atoms with Crippen molar-refractivity contribution < 1.29 is 9.47 Å². The maximum absolute atomic E-state index is 12.2. The molecule has 8 heteroatoms. The molecular weight excluding hydrogens is 316 g/mol. The fourth-order valence-corrected chi connectivity index (χ4v) is 4.13. The molecule has 0 aromatic carbocycles. The highest BCUT2D eigenvalue weighted by Gasteiger charge is 2.33. The summed E-state index contributed by atoms with van der Waals surface area (Å²) >= 11 is 1.44. The monoisotopic (exact) mass is 336 g/mol. The van der Waals surface area contributed by atoms with Gasteiger partial charge >= 0.3 is 0 Å². The van der Waals surface area contributed by atoms with E-state index in [0.717, 1.165) is 30.1 Å². The van der Waals surface area contributed by atoms with Crippen LogP contribution in [-0.2, 0) is 16.0 Å². The highest BCUT2D eigenvalue weighted by atomic mass is 32.1. The second-order valence-corrected chi connectivity index (χ2v) is 7.20. The van der Waals surface area contributed by atoms with Crippen molar-refractivity contribution in [3.05, 3.63) is 27.1 Å². The summed E-state index contributed by atoms with van der Waals surface area (Å²) in [5.41, 5.74) is 0.680. The molecule has 0 unspecified atom stereocenters. The minimum absolute atomic E-state index is 0.115. The number of nitrogens with zero attached hydrogens (tertiary/aromatic N) is 4. The van der Waals surface area contributed by atoms with Crippen LogP contribution in [0.4, 0.5) is 0 Å². The van der Waals surface area contributed by atoms with E-state index >= 15 is 0 Å². The van der Waals surface area contributed by atoms with Crippen molar-refractivity contribution in [2.24, 2.45) is 0 Å². The molecule has 4 heterocycles. The Balaban J connectivity index is 1.59. The summed E-state index contributed by atoms with van der Waals surface area (Å²) < 4.78 is 12.8. The second-order valence-electron chi connectivity index (χ2n) is 6.04. The van der Waals surface area contributed by atoms with E-state index in [-0.39, 0.29) is 17.9 Å². The van der Waals surface area contributed by atoms with Gasteiger partial charge in [-0.05, 0) is 26.3 Å². The first-order valence-electron chi connectivity index (χ1n) is 8.04. The summed E-state index contributed by atoms with van der Waals surface area (Å²) in [6, 6.07) is 1.84. The van der Waals surface area contributed by atoms with Crippen molar-refractivity contribution in [2.45, 2.75) is 45.1 Å². The molecule has 0 amide bonds. The van der Waals surface area contributed by atoms with Gasteiger partial charge in [-0.15, -0.1) is 0 Å². The summed E-state index contributed by atoms with van der Waals surface area (Å²) in [5.74, 6) is 0. The van der Waals surface area contributed by atoms with Crippen molar-refractivity contribution >= 4 is 16.3 Å². The summed E-state index contributed by atoms with van der Waals surface area (Å²) in [6.45, 7) is 4.85. The number of likely N-dealkylation sites (tertiary alicyclic amines) is 1. The highest BCUT2D eigenvalue weighted by Crippen LogP contribution is 2.25. The first-order valence-corrected chi connectivity index (χ1v) is 8.86. The third-order valence-electron chi connectivity index (χ3n) is 4.39. The highest BCUT2D eigenvalue weighted by molar-refractivity contribution is 7.16. The molecule has 0 radical (unpaired) electrons. The molecule has 0 N–H and O–H groups in total. The Morgan fingerprint density at radius 3 is 3.00 bits per heavy atom. The second kappa shape index (κ2) is 6.27. The Hall–Kier alpha value is -1.35. The average Bonchev–Trinajstić information content (AvgIpc) is 3.17. The zero-order chi connectivity index (χ0) is 15.8. The fraction of sp³-hybridized carbons (Fsp3) is 0.667. The van der Waals surface area contributed by atoms with Gasteiger partial charge in [0.15, 0.2) is 6.29 Å². The van der Waals surface area contributed by atoms with Crippen LogP contribution in [0, 0.1) is 6.92 Å². The smallest absolute Gasteiger partial charge is 0.275 e. The van der Waals surface area contributed by atoms with Crippen LogP contribution in [0.15, 0.2) is 10.9 Å². The van der Waals surface area contributed by atoms with Crippen LogP contribution in [0.3, 0.4) is 0 Å². The zero-order valence-corrected chi connectivity index (χ0v) is 13.9. The molecule has 2 aromatic heterocycles. The summed E-state index contributed by atoms with van der Waals surface area (Å²) in [6.07, 6.45) is 3.26. The number of hydrogen-bond acceptors (Lipinski definition) is 7. The molecule has 1 atom stereocenters. The minimum Gasteiger partial charge on any atom is -0.349 e. The number of piperidine rings is 1. The maximum atomic E-state index is 12.2. The van der Waals surface area contributed by atoms with Gasteiger partial charge in [0.1, 0.15) is 5.01 Å². The van der Waals surface area contributed by atoms with Gasteiger partial charge in [-0.3, -0.25) is 9.69 Å². The molecule has 2 aliphatic rings. The number of aromatic nitrogens is 3. The summed E-state index contributed by atoms with van der Waals surface area (Å²) in [4.78, 5) is 19.8. The lowest BCUT2D eigenvalue weighted by Crippen LogP contribution is -2.47. The predicted octanol–water partition coefficient (Wildman–Crippen LogP) is 1.19. The van der Waals surface area contributed by atoms with E-state index in [2.05, 4.69) is 15.0 Å². The van der Waals surface area contributed by atoms with Gasteiger partial charge in [-0.1, -0.05) is 17.8 Å². The van der Waals surface area contributed by atoms with E-state index in [0.29, 0.717) is 24.7 Å². The first kappa shape index (κ1) is 15.2. The molecular formula is C15H20N4O3S. The van der Waals surface area contributed by atoms with E-state index in [1.54, 1.807) is 6.07 Å². The molecule has 124 valence electrons. The van der Waals surface area contributed by atoms with E-state index < -0.39 is 0 Å². The van der Waals surface area contributed by atoms with Crippen LogP contribution in [-0.4, -0.2) is 51.6 Å². The van der Waals surface area contributed by atoms with Crippen LogP contribution < -0.4 is 5.56 Å². The third-order valence-corrected chi connectivity index (χ3v) is 5.21. The van der Waals surface area contributed by atoms with Gasteiger partial charge in [-0.2, -0.15) is 9.61 Å². The van der Waals surface area contributed by atoms with Gasteiger partial charge in [0.2, 0.25) is 4.96 Å². The van der Waals surface area contributed by atoms with Gasteiger partial charge in [0, 0.05) is 12.6 Å². The molecule has 0 saturated carbocycles. The molecule has 2 aromatic rings. The minimum atomic E-state index is -0.147.